The number of aryl methyl sites for hydroxylation is 1. The fraction of sp³-hybridized carbons (Fsp3) is 0.200. The second-order valence-electron chi connectivity index (χ2n) is 2.80. The average Bonchev–Trinajstić information content (AvgIpc) is 2.50. The van der Waals surface area contributed by atoms with Crippen LogP contribution in [0.3, 0.4) is 0 Å². The number of fused-ring (bicyclic) bond motifs is 1. The van der Waals surface area contributed by atoms with Crippen molar-refractivity contribution in [1.82, 2.24) is 4.98 Å². The molecule has 1 heterocycles. The standard InChI is InChI=1S/C10H10IN/c11-6-5-8-7-12-10-4-2-1-3-9(8)10/h1-4,7,12H,5-6H2. The zero-order valence-corrected chi connectivity index (χ0v) is 8.84. The molecule has 0 aliphatic rings. The van der Waals surface area contributed by atoms with Crippen molar-refractivity contribution in [1.29, 1.82) is 0 Å². The SMILES string of the molecule is ICCc1c[nH]c2ccccc12. The average molecular weight is 271 g/mol. The Morgan fingerprint density at radius 3 is 2.92 bits per heavy atom. The van der Waals surface area contributed by atoms with E-state index >= 15 is 0 Å². The van der Waals surface area contributed by atoms with Gasteiger partial charge in [0.25, 0.3) is 0 Å². The Hall–Kier alpha value is -0.510. The van der Waals surface area contributed by atoms with Crippen LogP contribution in [0.5, 0.6) is 0 Å². The van der Waals surface area contributed by atoms with Gasteiger partial charge in [-0.1, -0.05) is 40.8 Å². The largest absolute Gasteiger partial charge is 0.361 e. The normalized spacial score (nSPS) is 10.8. The lowest BCUT2D eigenvalue weighted by Crippen LogP contribution is -1.81. The molecule has 0 unspecified atom stereocenters. The molecule has 62 valence electrons. The Bertz CT molecular complexity index is 378. The maximum atomic E-state index is 3.27. The van der Waals surface area contributed by atoms with E-state index in [4.69, 9.17) is 0 Å². The van der Waals surface area contributed by atoms with Gasteiger partial charge in [-0.25, -0.2) is 0 Å². The van der Waals surface area contributed by atoms with Gasteiger partial charge in [-0.05, 0) is 18.1 Å². The van der Waals surface area contributed by atoms with Crippen molar-refractivity contribution < 1.29 is 0 Å². The summed E-state index contributed by atoms with van der Waals surface area (Å²) in [6, 6.07) is 8.44. The molecule has 0 saturated carbocycles. The molecular formula is C10H10IN. The Morgan fingerprint density at radius 1 is 1.25 bits per heavy atom. The quantitative estimate of drug-likeness (QED) is 0.638. The number of aromatic nitrogens is 1. The number of aromatic amines is 1. The third-order valence-electron chi connectivity index (χ3n) is 2.04. The van der Waals surface area contributed by atoms with Gasteiger partial charge in [0, 0.05) is 21.5 Å². The number of hydrogen-bond donors (Lipinski definition) is 1. The van der Waals surface area contributed by atoms with Crippen LogP contribution in [0.4, 0.5) is 0 Å². The smallest absolute Gasteiger partial charge is 0.0456 e. The number of nitrogens with one attached hydrogen (secondary N) is 1. The molecular weight excluding hydrogens is 261 g/mol. The van der Waals surface area contributed by atoms with Crippen LogP contribution >= 0.6 is 22.6 Å². The zero-order valence-electron chi connectivity index (χ0n) is 6.68. The van der Waals surface area contributed by atoms with E-state index < -0.39 is 0 Å². The van der Waals surface area contributed by atoms with Crippen LogP contribution < -0.4 is 0 Å². The minimum atomic E-state index is 1.16. The fourth-order valence-electron chi connectivity index (χ4n) is 1.44. The summed E-state index contributed by atoms with van der Waals surface area (Å²) in [5, 5.41) is 1.37. The number of alkyl halides is 1. The molecule has 0 aliphatic carbocycles. The first-order valence-corrected chi connectivity index (χ1v) is 5.55. The van der Waals surface area contributed by atoms with E-state index in [9.17, 15) is 0 Å². The molecule has 0 aliphatic heterocycles. The highest BCUT2D eigenvalue weighted by Crippen LogP contribution is 2.18. The summed E-state index contributed by atoms with van der Waals surface area (Å²) in [5.74, 6) is 0. The Morgan fingerprint density at radius 2 is 2.08 bits per heavy atom. The summed E-state index contributed by atoms with van der Waals surface area (Å²) in [7, 11) is 0. The summed E-state index contributed by atoms with van der Waals surface area (Å²) in [6.45, 7) is 0. The van der Waals surface area contributed by atoms with E-state index in [1.165, 1.54) is 20.9 Å². The highest BCUT2D eigenvalue weighted by atomic mass is 127. The Kier molecular flexibility index (Phi) is 2.35. The minimum absolute atomic E-state index is 1.16. The number of hydrogen-bond acceptors (Lipinski definition) is 0. The van der Waals surface area contributed by atoms with Gasteiger partial charge in [0.05, 0.1) is 0 Å². The third kappa shape index (κ3) is 1.35. The lowest BCUT2D eigenvalue weighted by atomic mass is 10.1. The molecule has 0 saturated heterocycles. The van der Waals surface area contributed by atoms with E-state index in [0.29, 0.717) is 0 Å². The summed E-state index contributed by atoms with van der Waals surface area (Å²) in [4.78, 5) is 3.27. The predicted molar refractivity (Wildman–Crippen MR) is 60.9 cm³/mol. The molecule has 0 amide bonds. The van der Waals surface area contributed by atoms with Crippen molar-refractivity contribution in [2.45, 2.75) is 6.42 Å². The van der Waals surface area contributed by atoms with Crippen LogP contribution in [0.15, 0.2) is 30.5 Å². The van der Waals surface area contributed by atoms with Crippen LogP contribution in [0.25, 0.3) is 10.9 Å². The highest BCUT2D eigenvalue weighted by molar-refractivity contribution is 14.1. The zero-order chi connectivity index (χ0) is 8.39. The van der Waals surface area contributed by atoms with Crippen LogP contribution in [0.2, 0.25) is 0 Å². The topological polar surface area (TPSA) is 15.8 Å². The van der Waals surface area contributed by atoms with E-state index in [1.807, 2.05) is 0 Å². The second-order valence-corrected chi connectivity index (χ2v) is 3.88. The molecule has 0 spiro atoms. The van der Waals surface area contributed by atoms with E-state index in [1.54, 1.807) is 0 Å². The van der Waals surface area contributed by atoms with Crippen molar-refractivity contribution >= 4 is 33.5 Å². The first-order valence-electron chi connectivity index (χ1n) is 4.03. The van der Waals surface area contributed by atoms with Crippen LogP contribution in [0, 0.1) is 0 Å². The van der Waals surface area contributed by atoms with E-state index in [2.05, 4.69) is 58.0 Å². The van der Waals surface area contributed by atoms with Gasteiger partial charge >= 0.3 is 0 Å². The maximum Gasteiger partial charge on any atom is 0.0456 e. The lowest BCUT2D eigenvalue weighted by Gasteiger charge is -1.93. The molecule has 1 aromatic carbocycles. The molecule has 0 fully saturated rings. The Labute approximate surface area is 85.3 Å². The Balaban J connectivity index is 2.55. The van der Waals surface area contributed by atoms with E-state index in [0.717, 1.165) is 6.42 Å². The molecule has 0 bridgehead atoms. The first-order chi connectivity index (χ1) is 5.92. The number of rotatable bonds is 2. The van der Waals surface area contributed by atoms with Gasteiger partial charge in [-0.2, -0.15) is 0 Å². The number of benzene rings is 1. The molecule has 1 N–H and O–H groups in total. The lowest BCUT2D eigenvalue weighted by molar-refractivity contribution is 1.20. The van der Waals surface area contributed by atoms with Gasteiger partial charge in [-0.15, -0.1) is 0 Å². The van der Waals surface area contributed by atoms with Gasteiger partial charge in [-0.3, -0.25) is 0 Å². The summed E-state index contributed by atoms with van der Waals surface area (Å²) < 4.78 is 1.18. The van der Waals surface area contributed by atoms with E-state index in [-0.39, 0.29) is 0 Å². The molecule has 0 atom stereocenters. The first kappa shape index (κ1) is 8.10. The second kappa shape index (κ2) is 3.47. The van der Waals surface area contributed by atoms with Gasteiger partial charge < -0.3 is 4.98 Å². The summed E-state index contributed by atoms with van der Waals surface area (Å²) >= 11 is 2.41. The minimum Gasteiger partial charge on any atom is -0.361 e. The van der Waals surface area contributed by atoms with Crippen molar-refractivity contribution in [3.8, 4) is 0 Å². The van der Waals surface area contributed by atoms with Crippen LogP contribution in [-0.2, 0) is 6.42 Å². The molecule has 2 heteroatoms. The van der Waals surface area contributed by atoms with Gasteiger partial charge in [0.15, 0.2) is 0 Å². The predicted octanol–water partition coefficient (Wildman–Crippen LogP) is 3.15. The molecule has 12 heavy (non-hydrogen) atoms. The van der Waals surface area contributed by atoms with Crippen molar-refractivity contribution in [3.05, 3.63) is 36.0 Å². The van der Waals surface area contributed by atoms with Gasteiger partial charge in [0.2, 0.25) is 0 Å². The highest BCUT2D eigenvalue weighted by Gasteiger charge is 2.00. The molecule has 1 aromatic heterocycles. The summed E-state index contributed by atoms with van der Waals surface area (Å²) in [5.41, 5.74) is 2.68. The monoisotopic (exact) mass is 271 g/mol. The molecule has 0 radical (unpaired) electrons. The van der Waals surface area contributed by atoms with Crippen LogP contribution in [-0.4, -0.2) is 9.41 Å². The molecule has 1 nitrogen and oxygen atoms in total. The van der Waals surface area contributed by atoms with Crippen molar-refractivity contribution in [2.24, 2.45) is 0 Å². The van der Waals surface area contributed by atoms with Crippen molar-refractivity contribution in [2.75, 3.05) is 4.43 Å². The number of para-hydroxylation sites is 1. The van der Waals surface area contributed by atoms with Gasteiger partial charge in [0.1, 0.15) is 0 Å². The van der Waals surface area contributed by atoms with Crippen LogP contribution in [0.1, 0.15) is 5.56 Å². The molecule has 2 aromatic rings. The van der Waals surface area contributed by atoms with Crippen molar-refractivity contribution in [3.63, 3.8) is 0 Å². The summed E-state index contributed by atoms with van der Waals surface area (Å²) in [6.07, 6.45) is 3.27. The maximum absolute atomic E-state index is 3.27. The third-order valence-corrected chi connectivity index (χ3v) is 2.58. The number of H-pyrrole nitrogens is 1. The molecule has 2 rings (SSSR count). The fourth-order valence-corrected chi connectivity index (χ4v) is 2.02. The number of halogens is 1.